The van der Waals surface area contributed by atoms with Crippen LogP contribution in [0.1, 0.15) is 35.2 Å². The first kappa shape index (κ1) is 16.5. The van der Waals surface area contributed by atoms with Crippen molar-refractivity contribution in [2.24, 2.45) is 0 Å². The lowest BCUT2D eigenvalue weighted by Crippen LogP contribution is -2.42. The number of ether oxygens (including phenoxy) is 1. The molecular formula is C13H18N2O6S. The van der Waals surface area contributed by atoms with Gasteiger partial charge < -0.3 is 14.6 Å². The molecule has 1 aliphatic rings. The van der Waals surface area contributed by atoms with E-state index < -0.39 is 33.9 Å². The molecule has 2 rings (SSSR count). The van der Waals surface area contributed by atoms with E-state index in [9.17, 15) is 18.0 Å². The molecule has 0 saturated carbocycles. The predicted octanol–water partition coefficient (Wildman–Crippen LogP) is 0.140. The molecule has 0 bridgehead atoms. The summed E-state index contributed by atoms with van der Waals surface area (Å²) in [6.07, 6.45) is -0.664. The van der Waals surface area contributed by atoms with Crippen molar-refractivity contribution in [2.75, 3.05) is 11.5 Å². The Balaban J connectivity index is 1.93. The summed E-state index contributed by atoms with van der Waals surface area (Å²) in [5, 5.41) is 6.23. The number of aryl methyl sites for hydroxylation is 2. The van der Waals surface area contributed by atoms with Crippen LogP contribution in [0.3, 0.4) is 0 Å². The summed E-state index contributed by atoms with van der Waals surface area (Å²) < 4.78 is 32.6. The number of amides is 1. The Morgan fingerprint density at radius 2 is 2.09 bits per heavy atom. The van der Waals surface area contributed by atoms with Crippen LogP contribution in [0.4, 0.5) is 0 Å². The van der Waals surface area contributed by atoms with Gasteiger partial charge in [0.1, 0.15) is 11.3 Å². The van der Waals surface area contributed by atoms with Crippen LogP contribution in [0.25, 0.3) is 0 Å². The molecule has 2 atom stereocenters. The first-order chi connectivity index (χ1) is 10.2. The highest BCUT2D eigenvalue weighted by Crippen LogP contribution is 2.15. The van der Waals surface area contributed by atoms with E-state index in [0.29, 0.717) is 17.9 Å². The molecule has 0 radical (unpaired) electrons. The van der Waals surface area contributed by atoms with E-state index in [4.69, 9.17) is 9.26 Å². The summed E-state index contributed by atoms with van der Waals surface area (Å²) in [4.78, 5) is 24.0. The number of hydrogen-bond donors (Lipinski definition) is 1. The van der Waals surface area contributed by atoms with Gasteiger partial charge in [0, 0.05) is 6.04 Å². The second-order valence-corrected chi connectivity index (χ2v) is 7.58. The fraction of sp³-hybridized carbons (Fsp3) is 0.615. The van der Waals surface area contributed by atoms with Gasteiger partial charge >= 0.3 is 5.97 Å². The summed E-state index contributed by atoms with van der Waals surface area (Å²) in [6, 6.07) is -0.433. The maximum Gasteiger partial charge on any atom is 0.344 e. The molecule has 9 heteroatoms. The third kappa shape index (κ3) is 3.65. The van der Waals surface area contributed by atoms with Crippen LogP contribution in [-0.4, -0.2) is 49.1 Å². The van der Waals surface area contributed by atoms with Crippen molar-refractivity contribution in [1.82, 2.24) is 10.5 Å². The second-order valence-electron chi connectivity index (χ2n) is 5.36. The molecule has 1 fully saturated rings. The molecule has 1 saturated heterocycles. The zero-order valence-corrected chi connectivity index (χ0v) is 13.4. The van der Waals surface area contributed by atoms with Gasteiger partial charge in [0.05, 0.1) is 17.2 Å². The lowest BCUT2D eigenvalue weighted by atomic mass is 10.2. The van der Waals surface area contributed by atoms with Gasteiger partial charge in [-0.2, -0.15) is 0 Å². The van der Waals surface area contributed by atoms with Crippen LogP contribution in [0.15, 0.2) is 4.52 Å². The summed E-state index contributed by atoms with van der Waals surface area (Å²) in [6.45, 7) is 4.60. The van der Waals surface area contributed by atoms with Crippen molar-refractivity contribution in [3.8, 4) is 0 Å². The molecule has 122 valence electrons. The molecule has 0 spiro atoms. The second kappa shape index (κ2) is 6.07. The van der Waals surface area contributed by atoms with Crippen molar-refractivity contribution >= 4 is 21.7 Å². The number of carbonyl (C=O) groups is 2. The van der Waals surface area contributed by atoms with E-state index >= 15 is 0 Å². The Hall–Kier alpha value is -1.90. The van der Waals surface area contributed by atoms with Gasteiger partial charge in [-0.25, -0.2) is 13.2 Å². The van der Waals surface area contributed by atoms with Crippen molar-refractivity contribution in [1.29, 1.82) is 0 Å². The maximum atomic E-state index is 12.0. The average Bonchev–Trinajstić information content (AvgIpc) is 2.91. The molecule has 1 amide bonds. The summed E-state index contributed by atoms with van der Waals surface area (Å²) >= 11 is 0. The first-order valence-electron chi connectivity index (χ1n) is 6.84. The van der Waals surface area contributed by atoms with Gasteiger partial charge in [-0.1, -0.05) is 5.16 Å². The van der Waals surface area contributed by atoms with Gasteiger partial charge in [0.25, 0.3) is 5.91 Å². The van der Waals surface area contributed by atoms with Crippen LogP contribution in [0.5, 0.6) is 0 Å². The molecule has 0 aliphatic carbocycles. The van der Waals surface area contributed by atoms with Crippen molar-refractivity contribution in [3.05, 3.63) is 17.0 Å². The van der Waals surface area contributed by atoms with E-state index in [0.717, 1.165) is 0 Å². The zero-order chi connectivity index (χ0) is 16.5. The molecule has 2 heterocycles. The number of hydrogen-bond acceptors (Lipinski definition) is 7. The minimum absolute atomic E-state index is 0.0607. The summed E-state index contributed by atoms with van der Waals surface area (Å²) in [5.41, 5.74) is 0.583. The lowest BCUT2D eigenvalue weighted by Gasteiger charge is -2.16. The standard InChI is InChI=1S/C13H18N2O6S/c1-7-11(8(2)21-15-7)13(17)20-9(3)12(16)14-10-4-5-22(18,19)6-10/h9-10H,4-6H2,1-3H3,(H,14,16)/t9-,10+/m1/s1. The highest BCUT2D eigenvalue weighted by Gasteiger charge is 2.31. The minimum atomic E-state index is -3.08. The van der Waals surface area contributed by atoms with Crippen LogP contribution < -0.4 is 5.32 Å². The lowest BCUT2D eigenvalue weighted by molar-refractivity contribution is -0.129. The SMILES string of the molecule is Cc1noc(C)c1C(=O)O[C@H](C)C(=O)N[C@H]1CCS(=O)(=O)C1. The van der Waals surface area contributed by atoms with Crippen LogP contribution >= 0.6 is 0 Å². The molecule has 1 aliphatic heterocycles. The van der Waals surface area contributed by atoms with E-state index in [2.05, 4.69) is 10.5 Å². The molecule has 22 heavy (non-hydrogen) atoms. The number of nitrogens with one attached hydrogen (secondary N) is 1. The monoisotopic (exact) mass is 330 g/mol. The molecular weight excluding hydrogens is 312 g/mol. The Morgan fingerprint density at radius 1 is 1.41 bits per heavy atom. The first-order valence-corrected chi connectivity index (χ1v) is 8.66. The van der Waals surface area contributed by atoms with E-state index in [1.165, 1.54) is 6.92 Å². The van der Waals surface area contributed by atoms with Gasteiger partial charge in [0.15, 0.2) is 15.9 Å². The average molecular weight is 330 g/mol. The normalized spacial score (nSPS) is 21.3. The number of aromatic nitrogens is 1. The van der Waals surface area contributed by atoms with Crippen LogP contribution in [-0.2, 0) is 19.4 Å². The van der Waals surface area contributed by atoms with Crippen molar-refractivity contribution in [2.45, 2.75) is 39.3 Å². The molecule has 1 N–H and O–H groups in total. The topological polar surface area (TPSA) is 116 Å². The Morgan fingerprint density at radius 3 is 2.59 bits per heavy atom. The predicted molar refractivity (Wildman–Crippen MR) is 76.1 cm³/mol. The van der Waals surface area contributed by atoms with Crippen LogP contribution in [0, 0.1) is 13.8 Å². The number of sulfone groups is 1. The van der Waals surface area contributed by atoms with Crippen molar-refractivity contribution < 1.29 is 27.3 Å². The van der Waals surface area contributed by atoms with Crippen LogP contribution in [0.2, 0.25) is 0 Å². The van der Waals surface area contributed by atoms with Gasteiger partial charge in [-0.05, 0) is 27.2 Å². The third-order valence-electron chi connectivity index (χ3n) is 3.47. The van der Waals surface area contributed by atoms with E-state index in [1.807, 2.05) is 0 Å². The number of carbonyl (C=O) groups excluding carboxylic acids is 2. The Bertz CT molecular complexity index is 674. The largest absolute Gasteiger partial charge is 0.449 e. The molecule has 1 aromatic rings. The molecule has 0 unspecified atom stereocenters. The zero-order valence-electron chi connectivity index (χ0n) is 12.6. The summed E-state index contributed by atoms with van der Waals surface area (Å²) in [5.74, 6) is -0.925. The highest BCUT2D eigenvalue weighted by molar-refractivity contribution is 7.91. The fourth-order valence-corrected chi connectivity index (χ4v) is 3.95. The quantitative estimate of drug-likeness (QED) is 0.781. The molecule has 8 nitrogen and oxygen atoms in total. The van der Waals surface area contributed by atoms with Gasteiger partial charge in [-0.3, -0.25) is 4.79 Å². The minimum Gasteiger partial charge on any atom is -0.449 e. The fourth-order valence-electron chi connectivity index (χ4n) is 2.27. The number of nitrogens with zero attached hydrogens (tertiary/aromatic N) is 1. The molecule has 0 aromatic carbocycles. The van der Waals surface area contributed by atoms with E-state index in [1.54, 1.807) is 13.8 Å². The third-order valence-corrected chi connectivity index (χ3v) is 5.24. The Kier molecular flexibility index (Phi) is 4.55. The maximum absolute atomic E-state index is 12.0. The molecule has 1 aromatic heterocycles. The highest BCUT2D eigenvalue weighted by atomic mass is 32.2. The number of esters is 1. The van der Waals surface area contributed by atoms with Crippen molar-refractivity contribution in [3.63, 3.8) is 0 Å². The smallest absolute Gasteiger partial charge is 0.344 e. The number of rotatable bonds is 4. The van der Waals surface area contributed by atoms with E-state index in [-0.39, 0.29) is 17.1 Å². The Labute approximate surface area is 128 Å². The summed E-state index contributed by atoms with van der Waals surface area (Å²) in [7, 11) is -3.08. The van der Waals surface area contributed by atoms with Gasteiger partial charge in [-0.15, -0.1) is 0 Å². The van der Waals surface area contributed by atoms with Gasteiger partial charge in [0.2, 0.25) is 0 Å².